The van der Waals surface area contributed by atoms with Gasteiger partial charge in [0.1, 0.15) is 11.3 Å². The Morgan fingerprint density at radius 1 is 1.03 bits per heavy atom. The summed E-state index contributed by atoms with van der Waals surface area (Å²) in [5.41, 5.74) is 5.05. The number of halogens is 3. The fourth-order valence-electron chi connectivity index (χ4n) is 3.69. The zero-order valence-electron chi connectivity index (χ0n) is 17.9. The molecule has 1 atom stereocenters. The summed E-state index contributed by atoms with van der Waals surface area (Å²) in [6, 6.07) is 19.4. The number of nitrogens with two attached hydrogens (primary N) is 1. The van der Waals surface area contributed by atoms with Gasteiger partial charge in [0.2, 0.25) is 5.91 Å². The van der Waals surface area contributed by atoms with E-state index in [1.807, 2.05) is 37.3 Å². The third kappa shape index (κ3) is 4.89. The maximum atomic E-state index is 13.7. The van der Waals surface area contributed by atoms with E-state index in [2.05, 4.69) is 10.6 Å². The largest absolute Gasteiger partial charge is 0.459 e. The number of anilines is 1. The monoisotopic (exact) mass is 483 g/mol. The van der Waals surface area contributed by atoms with Crippen LogP contribution in [0.4, 0.5) is 18.9 Å². The van der Waals surface area contributed by atoms with Crippen LogP contribution in [0.2, 0.25) is 0 Å². The number of primary amides is 1. The molecule has 1 amide bonds. The Morgan fingerprint density at radius 3 is 2.38 bits per heavy atom. The topological polar surface area (TPSA) is 80.3 Å². The number of fused-ring (bicyclic) bond motifs is 1. The van der Waals surface area contributed by atoms with Crippen molar-refractivity contribution in [2.45, 2.75) is 19.1 Å². The van der Waals surface area contributed by atoms with E-state index in [0.717, 1.165) is 22.8 Å². The number of para-hydroxylation sites is 1. The Kier molecular flexibility index (Phi) is 6.30. The van der Waals surface area contributed by atoms with Gasteiger partial charge in [-0.1, -0.05) is 42.5 Å². The minimum absolute atomic E-state index is 0.130. The Bertz CT molecular complexity index is 1330. The van der Waals surface area contributed by atoms with E-state index in [4.69, 9.17) is 22.4 Å². The molecule has 1 aromatic heterocycles. The van der Waals surface area contributed by atoms with Crippen molar-refractivity contribution >= 4 is 39.9 Å². The van der Waals surface area contributed by atoms with Crippen molar-refractivity contribution in [3.05, 3.63) is 89.7 Å². The molecule has 4 rings (SSSR count). The van der Waals surface area contributed by atoms with Crippen molar-refractivity contribution in [2.75, 3.05) is 5.32 Å². The van der Waals surface area contributed by atoms with E-state index in [9.17, 15) is 18.0 Å². The smallest absolute Gasteiger partial charge is 0.417 e. The molecule has 174 valence electrons. The van der Waals surface area contributed by atoms with Crippen LogP contribution in [0.3, 0.4) is 0 Å². The predicted molar refractivity (Wildman–Crippen MR) is 129 cm³/mol. The maximum Gasteiger partial charge on any atom is 0.417 e. The zero-order chi connectivity index (χ0) is 24.5. The molecule has 0 bridgehead atoms. The normalized spacial score (nSPS) is 12.4. The summed E-state index contributed by atoms with van der Waals surface area (Å²) in [6.07, 6.45) is -4.74. The van der Waals surface area contributed by atoms with Gasteiger partial charge in [-0.15, -0.1) is 0 Å². The number of nitrogens with one attached hydrogen (secondary N) is 2. The molecule has 3 aromatic carbocycles. The minimum atomic E-state index is -4.74. The van der Waals surface area contributed by atoms with E-state index < -0.39 is 23.2 Å². The van der Waals surface area contributed by atoms with Gasteiger partial charge in [-0.05, 0) is 60.6 Å². The summed E-state index contributed by atoms with van der Waals surface area (Å²) in [5.74, 6) is -0.419. The van der Waals surface area contributed by atoms with Crippen molar-refractivity contribution in [1.82, 2.24) is 5.32 Å². The molecule has 1 unspecified atom stereocenters. The molecule has 0 aliphatic heterocycles. The number of thiocarbonyl (C=S) groups is 1. The van der Waals surface area contributed by atoms with Crippen LogP contribution in [0.1, 0.15) is 34.6 Å². The van der Waals surface area contributed by atoms with Crippen LogP contribution in [0, 0.1) is 0 Å². The van der Waals surface area contributed by atoms with E-state index in [1.165, 1.54) is 24.3 Å². The van der Waals surface area contributed by atoms with Gasteiger partial charge in [0, 0.05) is 11.1 Å². The number of carbonyl (C=O) groups is 1. The number of carbonyl (C=O) groups excluding carboxylic acids is 1. The quantitative estimate of drug-likeness (QED) is 0.292. The molecule has 0 aliphatic rings. The average molecular weight is 484 g/mol. The number of hydrogen-bond acceptors (Lipinski definition) is 3. The Hall–Kier alpha value is -3.85. The van der Waals surface area contributed by atoms with E-state index in [0.29, 0.717) is 10.8 Å². The average Bonchev–Trinajstić information content (AvgIpc) is 3.23. The lowest BCUT2D eigenvalue weighted by Crippen LogP contribution is -2.30. The first-order chi connectivity index (χ1) is 16.1. The number of amides is 1. The molecular formula is C25H20F3N3O2S. The first-order valence-electron chi connectivity index (χ1n) is 10.3. The lowest BCUT2D eigenvalue weighted by Gasteiger charge is -2.17. The second kappa shape index (κ2) is 9.18. The molecule has 0 spiro atoms. The third-order valence-electron chi connectivity index (χ3n) is 5.29. The predicted octanol–water partition coefficient (Wildman–Crippen LogP) is 6.27. The van der Waals surface area contributed by atoms with Crippen LogP contribution in [-0.4, -0.2) is 11.0 Å². The summed E-state index contributed by atoms with van der Waals surface area (Å²) < 4.78 is 46.9. The first-order valence-corrected chi connectivity index (χ1v) is 10.7. The number of alkyl halides is 3. The van der Waals surface area contributed by atoms with E-state index >= 15 is 0 Å². The fraction of sp³-hybridized carbons (Fsp3) is 0.120. The highest BCUT2D eigenvalue weighted by atomic mass is 32.1. The van der Waals surface area contributed by atoms with Gasteiger partial charge in [0.15, 0.2) is 5.11 Å². The molecule has 5 nitrogen and oxygen atoms in total. The summed E-state index contributed by atoms with van der Waals surface area (Å²) in [5, 5.41) is 7.45. The molecule has 4 N–H and O–H groups in total. The van der Waals surface area contributed by atoms with E-state index in [-0.39, 0.29) is 17.2 Å². The molecule has 9 heteroatoms. The van der Waals surface area contributed by atoms with Crippen molar-refractivity contribution in [3.8, 4) is 11.1 Å². The van der Waals surface area contributed by atoms with E-state index in [1.54, 1.807) is 12.1 Å². The number of rotatable bonds is 5. The summed E-state index contributed by atoms with van der Waals surface area (Å²) in [6.45, 7) is 1.90. The second-order valence-electron chi connectivity index (χ2n) is 7.67. The lowest BCUT2D eigenvalue weighted by molar-refractivity contribution is -0.137. The maximum absolute atomic E-state index is 13.7. The number of hydrogen-bond donors (Lipinski definition) is 3. The van der Waals surface area contributed by atoms with Crippen LogP contribution >= 0.6 is 12.2 Å². The highest BCUT2D eigenvalue weighted by Gasteiger charge is 2.37. The zero-order valence-corrected chi connectivity index (χ0v) is 18.8. The molecular weight excluding hydrogens is 463 g/mol. The number of benzene rings is 3. The van der Waals surface area contributed by atoms with Gasteiger partial charge in [0.25, 0.3) is 0 Å². The van der Waals surface area contributed by atoms with Crippen LogP contribution in [0.15, 0.2) is 77.2 Å². The minimum Gasteiger partial charge on any atom is -0.459 e. The summed E-state index contributed by atoms with van der Waals surface area (Å²) in [4.78, 5) is 11.6. The molecule has 4 aromatic rings. The molecule has 0 saturated heterocycles. The van der Waals surface area contributed by atoms with Crippen molar-refractivity contribution < 1.29 is 22.4 Å². The Labute approximate surface area is 198 Å². The standard InChI is InChI=1S/C25H20F3N3O2S/c1-14(21-13-16-5-2-3-8-20(16)33-21)30-24(34)31-17-11-9-15(10-12-17)18-6-4-7-19(23(29)32)22(18)25(26,27)28/h2-14H,1H3,(H2,29,32)(H2,30,31,34). The summed E-state index contributed by atoms with van der Waals surface area (Å²) in [7, 11) is 0. The van der Waals surface area contributed by atoms with Gasteiger partial charge in [0.05, 0.1) is 17.2 Å². The first kappa shape index (κ1) is 23.3. The molecule has 1 heterocycles. The fourth-order valence-corrected chi connectivity index (χ4v) is 3.98. The van der Waals surface area contributed by atoms with Crippen LogP contribution < -0.4 is 16.4 Å². The Balaban J connectivity index is 1.49. The van der Waals surface area contributed by atoms with Gasteiger partial charge in [-0.3, -0.25) is 4.79 Å². The Morgan fingerprint density at radius 2 is 1.74 bits per heavy atom. The molecule has 34 heavy (non-hydrogen) atoms. The highest BCUT2D eigenvalue weighted by Crippen LogP contribution is 2.39. The van der Waals surface area contributed by atoms with Crippen LogP contribution in [0.25, 0.3) is 22.1 Å². The molecule has 0 aliphatic carbocycles. The van der Waals surface area contributed by atoms with Crippen LogP contribution in [0.5, 0.6) is 0 Å². The molecule has 0 fully saturated rings. The van der Waals surface area contributed by atoms with Crippen LogP contribution in [-0.2, 0) is 6.18 Å². The van der Waals surface area contributed by atoms with Gasteiger partial charge < -0.3 is 20.8 Å². The van der Waals surface area contributed by atoms with Crippen molar-refractivity contribution in [3.63, 3.8) is 0 Å². The lowest BCUT2D eigenvalue weighted by atomic mass is 9.94. The summed E-state index contributed by atoms with van der Waals surface area (Å²) >= 11 is 5.37. The third-order valence-corrected chi connectivity index (χ3v) is 5.51. The van der Waals surface area contributed by atoms with Gasteiger partial charge in [-0.2, -0.15) is 13.2 Å². The highest BCUT2D eigenvalue weighted by molar-refractivity contribution is 7.80. The number of furan rings is 1. The van der Waals surface area contributed by atoms with Gasteiger partial charge >= 0.3 is 6.18 Å². The SMILES string of the molecule is CC(NC(=S)Nc1ccc(-c2cccc(C(N)=O)c2C(F)(F)F)cc1)c1cc2ccccc2o1. The van der Waals surface area contributed by atoms with Gasteiger partial charge in [-0.25, -0.2) is 0 Å². The van der Waals surface area contributed by atoms with Crippen molar-refractivity contribution in [1.29, 1.82) is 0 Å². The molecule has 0 saturated carbocycles. The second-order valence-corrected chi connectivity index (χ2v) is 8.08. The molecule has 0 radical (unpaired) electrons. The van der Waals surface area contributed by atoms with Crippen molar-refractivity contribution in [2.24, 2.45) is 5.73 Å².